The van der Waals surface area contributed by atoms with E-state index in [2.05, 4.69) is 38.1 Å². The maximum Gasteiger partial charge on any atom is 0.160 e. The number of hydrogen-bond acceptors (Lipinski definition) is 2. The molecule has 0 heterocycles. The fourth-order valence-corrected chi connectivity index (χ4v) is 2.67. The Labute approximate surface area is 139 Å². The Morgan fingerprint density at radius 2 is 1.78 bits per heavy atom. The van der Waals surface area contributed by atoms with E-state index in [0.29, 0.717) is 6.10 Å². The van der Waals surface area contributed by atoms with Gasteiger partial charge in [0.05, 0.1) is 6.10 Å². The van der Waals surface area contributed by atoms with Gasteiger partial charge in [0.15, 0.2) is 5.78 Å². The van der Waals surface area contributed by atoms with Crippen molar-refractivity contribution in [2.24, 2.45) is 0 Å². The van der Waals surface area contributed by atoms with Gasteiger partial charge in [-0.25, -0.2) is 0 Å². The summed E-state index contributed by atoms with van der Waals surface area (Å²) < 4.78 is 5.71. The quantitative estimate of drug-likeness (QED) is 0.618. The molecular formula is C21H26O2. The number of carbonyl (C=O) groups is 1. The Balaban J connectivity index is 2.04. The molecule has 0 spiro atoms. The molecule has 2 aromatic carbocycles. The number of aryl methyl sites for hydroxylation is 1. The summed E-state index contributed by atoms with van der Waals surface area (Å²) in [5, 5.41) is 0. The van der Waals surface area contributed by atoms with Gasteiger partial charge in [-0.15, -0.1) is 0 Å². The van der Waals surface area contributed by atoms with Crippen LogP contribution in [-0.2, 0) is 11.2 Å². The Kier molecular flexibility index (Phi) is 6.54. The molecule has 23 heavy (non-hydrogen) atoms. The lowest BCUT2D eigenvalue weighted by Crippen LogP contribution is -2.09. The zero-order valence-corrected chi connectivity index (χ0v) is 14.3. The lowest BCUT2D eigenvalue weighted by molar-refractivity contribution is 0.0610. The van der Waals surface area contributed by atoms with Crippen molar-refractivity contribution in [3.8, 4) is 11.1 Å². The average molecular weight is 310 g/mol. The summed E-state index contributed by atoms with van der Waals surface area (Å²) in [6, 6.07) is 16.3. The lowest BCUT2D eigenvalue weighted by atomic mass is 9.96. The molecule has 2 aromatic rings. The highest BCUT2D eigenvalue weighted by Crippen LogP contribution is 2.24. The number of ether oxygens (including phenoxy) is 1. The number of rotatable bonds is 8. The first-order chi connectivity index (χ1) is 11.1. The largest absolute Gasteiger partial charge is 0.379 e. The average Bonchev–Trinajstić information content (AvgIpc) is 2.58. The Hall–Kier alpha value is -1.93. The molecule has 0 fully saturated rings. The van der Waals surface area contributed by atoms with E-state index in [1.54, 1.807) is 6.92 Å². The van der Waals surface area contributed by atoms with Crippen molar-refractivity contribution in [1.29, 1.82) is 0 Å². The summed E-state index contributed by atoms with van der Waals surface area (Å²) in [5.41, 5.74) is 4.18. The summed E-state index contributed by atoms with van der Waals surface area (Å²) in [6.07, 6.45) is 3.41. The minimum absolute atomic E-state index is 0.103. The topological polar surface area (TPSA) is 26.3 Å². The van der Waals surface area contributed by atoms with Crippen LogP contribution in [0.15, 0.2) is 48.5 Å². The fourth-order valence-electron chi connectivity index (χ4n) is 2.67. The van der Waals surface area contributed by atoms with Gasteiger partial charge in [0, 0.05) is 12.2 Å². The second-order valence-electron chi connectivity index (χ2n) is 6.02. The number of hydrogen-bond donors (Lipinski definition) is 0. The number of ketones is 1. The van der Waals surface area contributed by atoms with Gasteiger partial charge in [-0.3, -0.25) is 4.79 Å². The van der Waals surface area contributed by atoms with Crippen LogP contribution in [0.5, 0.6) is 0 Å². The van der Waals surface area contributed by atoms with Crippen molar-refractivity contribution in [3.05, 3.63) is 59.7 Å². The summed E-state index contributed by atoms with van der Waals surface area (Å²) in [4.78, 5) is 11.8. The summed E-state index contributed by atoms with van der Waals surface area (Å²) >= 11 is 0. The van der Waals surface area contributed by atoms with E-state index in [1.807, 2.05) is 24.3 Å². The second kappa shape index (κ2) is 8.64. The molecular weight excluding hydrogens is 284 g/mol. The molecule has 1 atom stereocenters. The van der Waals surface area contributed by atoms with Gasteiger partial charge in [-0.05, 0) is 49.8 Å². The molecule has 0 saturated carbocycles. The molecule has 0 radical (unpaired) electrons. The van der Waals surface area contributed by atoms with Crippen molar-refractivity contribution in [3.63, 3.8) is 0 Å². The van der Waals surface area contributed by atoms with Crippen molar-refractivity contribution >= 4 is 5.78 Å². The fraction of sp³-hybridized carbons (Fsp3) is 0.381. The monoisotopic (exact) mass is 310 g/mol. The highest BCUT2D eigenvalue weighted by atomic mass is 16.5. The lowest BCUT2D eigenvalue weighted by Gasteiger charge is -2.12. The predicted octanol–water partition coefficient (Wildman–Crippen LogP) is 5.30. The zero-order valence-electron chi connectivity index (χ0n) is 14.3. The smallest absolute Gasteiger partial charge is 0.160 e. The molecule has 0 aliphatic rings. The first kappa shape index (κ1) is 17.4. The maximum atomic E-state index is 11.8. The van der Waals surface area contributed by atoms with E-state index in [1.165, 1.54) is 5.56 Å². The zero-order chi connectivity index (χ0) is 16.7. The maximum absolute atomic E-state index is 11.8. The van der Waals surface area contributed by atoms with Crippen LogP contribution < -0.4 is 0 Å². The first-order valence-corrected chi connectivity index (χ1v) is 8.42. The molecule has 0 bridgehead atoms. The first-order valence-electron chi connectivity index (χ1n) is 8.42. The van der Waals surface area contributed by atoms with Gasteiger partial charge in [-0.2, -0.15) is 0 Å². The normalized spacial score (nSPS) is 12.1. The van der Waals surface area contributed by atoms with Crippen LogP contribution >= 0.6 is 0 Å². The number of Topliss-reactive ketones (excluding diaryl/α,β-unsaturated/α-hetero) is 1. The van der Waals surface area contributed by atoms with Gasteiger partial charge in [0.1, 0.15) is 0 Å². The summed E-state index contributed by atoms with van der Waals surface area (Å²) in [5.74, 6) is 0.103. The Bertz CT molecular complexity index is 629. The SMILES string of the molecule is CCCOC(C)CCc1ccc(-c2ccccc2C(C)=O)cc1. The molecule has 2 rings (SSSR count). The molecule has 0 saturated heterocycles. The van der Waals surface area contributed by atoms with Crippen LogP contribution in [0.2, 0.25) is 0 Å². The van der Waals surface area contributed by atoms with Crippen LogP contribution in [0.4, 0.5) is 0 Å². The van der Waals surface area contributed by atoms with Crippen molar-refractivity contribution in [2.45, 2.75) is 46.1 Å². The van der Waals surface area contributed by atoms with E-state index in [-0.39, 0.29) is 5.78 Å². The van der Waals surface area contributed by atoms with E-state index < -0.39 is 0 Å². The second-order valence-corrected chi connectivity index (χ2v) is 6.02. The minimum Gasteiger partial charge on any atom is -0.379 e. The van der Waals surface area contributed by atoms with Gasteiger partial charge in [-0.1, -0.05) is 55.5 Å². The van der Waals surface area contributed by atoms with Crippen LogP contribution in [0.3, 0.4) is 0 Å². The van der Waals surface area contributed by atoms with Crippen LogP contribution in [0.1, 0.15) is 49.5 Å². The molecule has 0 amide bonds. The molecule has 2 nitrogen and oxygen atoms in total. The number of benzene rings is 2. The third kappa shape index (κ3) is 5.04. The van der Waals surface area contributed by atoms with Gasteiger partial charge < -0.3 is 4.74 Å². The molecule has 0 N–H and O–H groups in total. The Morgan fingerprint density at radius 3 is 2.43 bits per heavy atom. The van der Waals surface area contributed by atoms with E-state index in [4.69, 9.17) is 4.74 Å². The van der Waals surface area contributed by atoms with Crippen molar-refractivity contribution < 1.29 is 9.53 Å². The third-order valence-corrected chi connectivity index (χ3v) is 4.02. The molecule has 0 aliphatic heterocycles. The summed E-state index contributed by atoms with van der Waals surface area (Å²) in [7, 11) is 0. The van der Waals surface area contributed by atoms with E-state index in [0.717, 1.165) is 42.6 Å². The third-order valence-electron chi connectivity index (χ3n) is 4.02. The van der Waals surface area contributed by atoms with Crippen molar-refractivity contribution in [2.75, 3.05) is 6.61 Å². The molecule has 1 unspecified atom stereocenters. The van der Waals surface area contributed by atoms with Gasteiger partial charge in [0.25, 0.3) is 0 Å². The standard InChI is InChI=1S/C21H26O2/c1-4-15-23-16(2)9-10-18-11-13-19(14-12-18)21-8-6-5-7-20(21)17(3)22/h5-8,11-14,16H,4,9-10,15H2,1-3H3. The molecule has 122 valence electrons. The highest BCUT2D eigenvalue weighted by molar-refractivity contribution is 6.00. The molecule has 0 aliphatic carbocycles. The van der Waals surface area contributed by atoms with E-state index >= 15 is 0 Å². The van der Waals surface area contributed by atoms with E-state index in [9.17, 15) is 4.79 Å². The highest BCUT2D eigenvalue weighted by Gasteiger charge is 2.08. The van der Waals surface area contributed by atoms with Gasteiger partial charge in [0.2, 0.25) is 0 Å². The summed E-state index contributed by atoms with van der Waals surface area (Å²) in [6.45, 7) is 6.71. The minimum atomic E-state index is 0.103. The molecule has 0 aromatic heterocycles. The van der Waals surface area contributed by atoms with Crippen LogP contribution in [0.25, 0.3) is 11.1 Å². The molecule has 2 heteroatoms. The van der Waals surface area contributed by atoms with Crippen LogP contribution in [-0.4, -0.2) is 18.5 Å². The van der Waals surface area contributed by atoms with Crippen LogP contribution in [0, 0.1) is 0 Å². The Morgan fingerprint density at radius 1 is 1.09 bits per heavy atom. The number of carbonyl (C=O) groups excluding carboxylic acids is 1. The predicted molar refractivity (Wildman–Crippen MR) is 95.9 cm³/mol. The van der Waals surface area contributed by atoms with Crippen molar-refractivity contribution in [1.82, 2.24) is 0 Å². The van der Waals surface area contributed by atoms with Gasteiger partial charge >= 0.3 is 0 Å².